The van der Waals surface area contributed by atoms with Crippen LogP contribution >= 0.6 is 0 Å². The second-order valence-electron chi connectivity index (χ2n) is 12.1. The molecule has 33 heavy (non-hydrogen) atoms. The molecule has 0 radical (unpaired) electrons. The maximum absolute atomic E-state index is 10.7. The summed E-state index contributed by atoms with van der Waals surface area (Å²) in [6.45, 7) is 14.9. The van der Waals surface area contributed by atoms with Gasteiger partial charge < -0.3 is 15.3 Å². The number of hydrogen-bond donors (Lipinski definition) is 3. The van der Waals surface area contributed by atoms with Gasteiger partial charge in [-0.15, -0.1) is 0 Å². The predicted molar refractivity (Wildman–Crippen MR) is 138 cm³/mol. The Labute approximate surface area is 202 Å². The molecule has 3 aliphatic rings. The lowest BCUT2D eigenvalue weighted by atomic mass is 9.60. The molecule has 0 aromatic heterocycles. The molecular weight excluding hydrogens is 408 g/mol. The van der Waals surface area contributed by atoms with Crippen molar-refractivity contribution < 1.29 is 15.3 Å². The Morgan fingerprint density at radius 2 is 1.94 bits per heavy atom. The van der Waals surface area contributed by atoms with Gasteiger partial charge in [0, 0.05) is 5.92 Å². The van der Waals surface area contributed by atoms with E-state index < -0.39 is 17.8 Å². The number of fused-ring (bicyclic) bond motifs is 1. The summed E-state index contributed by atoms with van der Waals surface area (Å²) < 4.78 is 0. The highest BCUT2D eigenvalue weighted by molar-refractivity contribution is 5.40. The molecule has 3 saturated carbocycles. The quantitative estimate of drug-likeness (QED) is 0.383. The van der Waals surface area contributed by atoms with Gasteiger partial charge in [-0.05, 0) is 100 Å². The van der Waals surface area contributed by atoms with Gasteiger partial charge in [0.15, 0.2) is 0 Å². The average Bonchev–Trinajstić information content (AvgIpc) is 3.09. The van der Waals surface area contributed by atoms with Crippen LogP contribution < -0.4 is 0 Å². The van der Waals surface area contributed by atoms with E-state index in [1.165, 1.54) is 32.1 Å². The van der Waals surface area contributed by atoms with Crippen molar-refractivity contribution >= 4 is 0 Å². The van der Waals surface area contributed by atoms with Crippen molar-refractivity contribution in [2.45, 2.75) is 110 Å². The first kappa shape index (κ1) is 26.4. The first-order chi connectivity index (χ1) is 15.5. The van der Waals surface area contributed by atoms with Crippen molar-refractivity contribution in [1.82, 2.24) is 0 Å². The van der Waals surface area contributed by atoms with Crippen LogP contribution in [0.4, 0.5) is 0 Å². The van der Waals surface area contributed by atoms with E-state index in [1.807, 2.05) is 32.9 Å². The molecule has 3 rings (SSSR count). The van der Waals surface area contributed by atoms with E-state index in [-0.39, 0.29) is 5.92 Å². The average molecular weight is 457 g/mol. The van der Waals surface area contributed by atoms with Crippen molar-refractivity contribution in [3.63, 3.8) is 0 Å². The molecule has 0 aromatic carbocycles. The Morgan fingerprint density at radius 3 is 2.61 bits per heavy atom. The van der Waals surface area contributed by atoms with Gasteiger partial charge in [-0.25, -0.2) is 0 Å². The largest absolute Gasteiger partial charge is 0.392 e. The van der Waals surface area contributed by atoms with Gasteiger partial charge in [-0.2, -0.15) is 0 Å². The van der Waals surface area contributed by atoms with Crippen molar-refractivity contribution in [2.24, 2.45) is 29.1 Å². The number of allylic oxidation sites excluding steroid dienone is 4. The SMILES string of the molecule is C=C1/C(=C\C=C2/CCC[C@]3(C)[C@@H]([C@H](C)CCCC(C)(C)O)CC[C@@H]23)C[C@@H](O)[C@H](/C=C/C)[C@@H]1O. The zero-order chi connectivity index (χ0) is 24.4. The van der Waals surface area contributed by atoms with Gasteiger partial charge in [-0.1, -0.05) is 63.1 Å². The van der Waals surface area contributed by atoms with E-state index in [1.54, 1.807) is 5.57 Å². The molecule has 0 heterocycles. The molecule has 0 saturated heterocycles. The molecular formula is C30H48O3. The highest BCUT2D eigenvalue weighted by Crippen LogP contribution is 2.60. The van der Waals surface area contributed by atoms with Crippen LogP contribution in [0.25, 0.3) is 0 Å². The highest BCUT2D eigenvalue weighted by Gasteiger charge is 2.50. The Bertz CT molecular complexity index is 783. The Kier molecular flexibility index (Phi) is 8.51. The maximum atomic E-state index is 10.7. The summed E-state index contributed by atoms with van der Waals surface area (Å²) in [6.07, 6.45) is 16.9. The van der Waals surface area contributed by atoms with Crippen molar-refractivity contribution in [3.8, 4) is 0 Å². The topological polar surface area (TPSA) is 60.7 Å². The van der Waals surface area contributed by atoms with E-state index >= 15 is 0 Å². The summed E-state index contributed by atoms with van der Waals surface area (Å²) in [4.78, 5) is 0. The molecule has 3 heteroatoms. The molecule has 0 spiro atoms. The van der Waals surface area contributed by atoms with Gasteiger partial charge in [0.2, 0.25) is 0 Å². The van der Waals surface area contributed by atoms with Crippen molar-refractivity contribution in [3.05, 3.63) is 47.6 Å². The van der Waals surface area contributed by atoms with Crippen LogP contribution in [-0.2, 0) is 0 Å². The molecule has 3 aliphatic carbocycles. The second kappa shape index (κ2) is 10.6. The zero-order valence-electron chi connectivity index (χ0n) is 21.7. The predicted octanol–water partition coefficient (Wildman–Crippen LogP) is 6.51. The zero-order valence-corrected chi connectivity index (χ0v) is 21.7. The van der Waals surface area contributed by atoms with Crippen LogP contribution in [-0.4, -0.2) is 33.1 Å². The maximum Gasteiger partial charge on any atom is 0.0874 e. The second-order valence-corrected chi connectivity index (χ2v) is 12.1. The highest BCUT2D eigenvalue weighted by atomic mass is 16.3. The van der Waals surface area contributed by atoms with Crippen LogP contribution in [0, 0.1) is 29.1 Å². The van der Waals surface area contributed by atoms with Gasteiger partial charge in [0.1, 0.15) is 0 Å². The van der Waals surface area contributed by atoms with E-state index in [4.69, 9.17) is 0 Å². The minimum atomic E-state index is -0.716. The summed E-state index contributed by atoms with van der Waals surface area (Å²) in [5.74, 6) is 1.80. The van der Waals surface area contributed by atoms with Gasteiger partial charge >= 0.3 is 0 Å². The Morgan fingerprint density at radius 1 is 1.21 bits per heavy atom. The van der Waals surface area contributed by atoms with Gasteiger partial charge in [0.05, 0.1) is 17.8 Å². The lowest BCUT2D eigenvalue weighted by Gasteiger charge is -2.44. The molecule has 7 atom stereocenters. The Balaban J connectivity index is 1.72. The molecule has 0 unspecified atom stereocenters. The molecule has 0 amide bonds. The molecule has 0 aliphatic heterocycles. The monoisotopic (exact) mass is 456 g/mol. The van der Waals surface area contributed by atoms with Gasteiger partial charge in [0.25, 0.3) is 0 Å². The lowest BCUT2D eigenvalue weighted by Crippen LogP contribution is -2.37. The van der Waals surface area contributed by atoms with E-state index in [0.717, 1.165) is 36.3 Å². The molecule has 3 fully saturated rings. The number of aliphatic hydroxyl groups is 3. The summed E-state index contributed by atoms with van der Waals surface area (Å²) >= 11 is 0. The third kappa shape index (κ3) is 5.92. The van der Waals surface area contributed by atoms with E-state index in [9.17, 15) is 15.3 Å². The van der Waals surface area contributed by atoms with Crippen molar-refractivity contribution in [2.75, 3.05) is 0 Å². The summed E-state index contributed by atoms with van der Waals surface area (Å²) in [5.41, 5.74) is 3.09. The fourth-order valence-electron chi connectivity index (χ4n) is 7.24. The standard InChI is InChI=1S/C30H48O3/c1-7-10-24-27(31)19-23(21(3)28(24)32)14-13-22-12-9-18-30(6)25(15-16-26(22)30)20(2)11-8-17-29(4,5)33/h7,10,13-14,20,24-28,31-33H,3,8-9,11-12,15-19H2,1-2,4-6H3/b10-7+,22-13+,23-14-/t20-,24+,25-,26+,27-,28-,30-/m1/s1. The normalized spacial score (nSPS) is 38.9. The van der Waals surface area contributed by atoms with E-state index in [2.05, 4.69) is 32.6 Å². The van der Waals surface area contributed by atoms with Crippen LogP contribution in [0.15, 0.2) is 47.6 Å². The van der Waals surface area contributed by atoms with Crippen LogP contribution in [0.5, 0.6) is 0 Å². The summed E-state index contributed by atoms with van der Waals surface area (Å²) in [5, 5.41) is 31.3. The first-order valence-corrected chi connectivity index (χ1v) is 13.3. The minimum absolute atomic E-state index is 0.265. The fourth-order valence-corrected chi connectivity index (χ4v) is 7.24. The molecule has 3 N–H and O–H groups in total. The number of rotatable bonds is 7. The minimum Gasteiger partial charge on any atom is -0.392 e. The van der Waals surface area contributed by atoms with Crippen molar-refractivity contribution in [1.29, 1.82) is 0 Å². The Hall–Kier alpha value is -1.16. The lowest BCUT2D eigenvalue weighted by molar-refractivity contribution is 0.0429. The number of aliphatic hydroxyl groups excluding tert-OH is 2. The third-order valence-corrected chi connectivity index (χ3v) is 9.09. The molecule has 0 bridgehead atoms. The van der Waals surface area contributed by atoms with Gasteiger partial charge in [-0.3, -0.25) is 0 Å². The van der Waals surface area contributed by atoms with Crippen LogP contribution in [0.3, 0.4) is 0 Å². The molecule has 0 aromatic rings. The summed E-state index contributed by atoms with van der Waals surface area (Å²) in [7, 11) is 0. The van der Waals surface area contributed by atoms with E-state index in [0.29, 0.717) is 23.7 Å². The van der Waals surface area contributed by atoms with Crippen LogP contribution in [0.2, 0.25) is 0 Å². The number of hydrogen-bond acceptors (Lipinski definition) is 3. The fraction of sp³-hybridized carbons (Fsp3) is 0.733. The summed E-state index contributed by atoms with van der Waals surface area (Å²) in [6, 6.07) is 0. The third-order valence-electron chi connectivity index (χ3n) is 9.09. The molecule has 186 valence electrons. The first-order valence-electron chi connectivity index (χ1n) is 13.3. The smallest absolute Gasteiger partial charge is 0.0874 e. The van der Waals surface area contributed by atoms with Crippen LogP contribution in [0.1, 0.15) is 92.4 Å². The molecule has 3 nitrogen and oxygen atoms in total.